The molecule has 1 saturated carbocycles. The molecule has 5 heteroatoms. The summed E-state index contributed by atoms with van der Waals surface area (Å²) in [7, 11) is 0. The van der Waals surface area contributed by atoms with Crippen LogP contribution in [-0.4, -0.2) is 37.6 Å². The van der Waals surface area contributed by atoms with Gasteiger partial charge < -0.3 is 15.4 Å². The third kappa shape index (κ3) is 6.05. The molecule has 1 fully saturated rings. The second-order valence-corrected chi connectivity index (χ2v) is 5.15. The molecule has 0 aromatic carbocycles. The Kier molecular flexibility index (Phi) is 7.48. The first-order valence-electron chi connectivity index (χ1n) is 7.31. The van der Waals surface area contributed by atoms with Gasteiger partial charge in [0.15, 0.2) is 0 Å². The minimum Gasteiger partial charge on any atom is -0.382 e. The standard InChI is InChI=1S/C14H26N2O3/c1-3-19-10-6-9-15-13(17)14(18)16-12-8-5-4-7-11(12)2/h11-12H,3-10H2,1-2H3,(H,15,17)(H,16,18)/t11-,12-/m1/s1. The summed E-state index contributed by atoms with van der Waals surface area (Å²) in [6, 6.07) is 0.149. The molecule has 2 N–H and O–H groups in total. The van der Waals surface area contributed by atoms with Gasteiger partial charge in [0.25, 0.3) is 0 Å². The first-order chi connectivity index (χ1) is 9.15. The third-order valence-electron chi connectivity index (χ3n) is 3.59. The number of hydrogen-bond acceptors (Lipinski definition) is 3. The van der Waals surface area contributed by atoms with Gasteiger partial charge in [0.05, 0.1) is 0 Å². The summed E-state index contributed by atoms with van der Waals surface area (Å²) in [5, 5.41) is 5.45. The highest BCUT2D eigenvalue weighted by Gasteiger charge is 2.25. The van der Waals surface area contributed by atoms with Crippen LogP contribution in [0.25, 0.3) is 0 Å². The Morgan fingerprint density at radius 3 is 2.63 bits per heavy atom. The van der Waals surface area contributed by atoms with E-state index in [0.29, 0.717) is 25.7 Å². The molecule has 110 valence electrons. The topological polar surface area (TPSA) is 67.4 Å². The van der Waals surface area contributed by atoms with Crippen molar-refractivity contribution in [3.05, 3.63) is 0 Å². The van der Waals surface area contributed by atoms with Crippen LogP contribution in [0, 0.1) is 5.92 Å². The second-order valence-electron chi connectivity index (χ2n) is 5.15. The summed E-state index contributed by atoms with van der Waals surface area (Å²) < 4.78 is 5.16. The predicted octanol–water partition coefficient (Wildman–Crippen LogP) is 1.22. The maximum atomic E-state index is 11.7. The Hall–Kier alpha value is -1.10. The first-order valence-corrected chi connectivity index (χ1v) is 7.31. The zero-order valence-corrected chi connectivity index (χ0v) is 12.0. The smallest absolute Gasteiger partial charge is 0.309 e. The van der Waals surface area contributed by atoms with E-state index in [1.54, 1.807) is 0 Å². The zero-order valence-electron chi connectivity index (χ0n) is 12.0. The van der Waals surface area contributed by atoms with Crippen molar-refractivity contribution in [2.24, 2.45) is 5.92 Å². The molecule has 0 saturated heterocycles. The quantitative estimate of drug-likeness (QED) is 0.563. The van der Waals surface area contributed by atoms with Crippen LogP contribution >= 0.6 is 0 Å². The highest BCUT2D eigenvalue weighted by molar-refractivity contribution is 6.35. The Labute approximate surface area is 115 Å². The SMILES string of the molecule is CCOCCCNC(=O)C(=O)N[C@@H]1CCCC[C@H]1C. The van der Waals surface area contributed by atoms with Gasteiger partial charge in [-0.25, -0.2) is 0 Å². The number of hydrogen-bond donors (Lipinski definition) is 2. The fourth-order valence-corrected chi connectivity index (χ4v) is 2.37. The van der Waals surface area contributed by atoms with Gasteiger partial charge in [0.1, 0.15) is 0 Å². The Morgan fingerprint density at radius 2 is 1.95 bits per heavy atom. The Balaban J connectivity index is 2.19. The molecule has 0 aromatic rings. The maximum Gasteiger partial charge on any atom is 0.309 e. The summed E-state index contributed by atoms with van der Waals surface area (Å²) in [5.41, 5.74) is 0. The van der Waals surface area contributed by atoms with Crippen molar-refractivity contribution in [3.8, 4) is 0 Å². The predicted molar refractivity (Wildman–Crippen MR) is 73.7 cm³/mol. The van der Waals surface area contributed by atoms with Crippen LogP contribution in [-0.2, 0) is 14.3 Å². The average Bonchev–Trinajstić information content (AvgIpc) is 2.41. The molecule has 0 aromatic heterocycles. The number of nitrogens with one attached hydrogen (secondary N) is 2. The van der Waals surface area contributed by atoms with E-state index in [0.717, 1.165) is 25.7 Å². The minimum absolute atomic E-state index is 0.149. The van der Waals surface area contributed by atoms with Crippen LogP contribution in [0.2, 0.25) is 0 Å². The summed E-state index contributed by atoms with van der Waals surface area (Å²) in [6.45, 7) is 5.82. The van der Waals surface area contributed by atoms with Gasteiger partial charge in [-0.15, -0.1) is 0 Å². The molecular weight excluding hydrogens is 244 g/mol. The number of ether oxygens (including phenoxy) is 1. The molecule has 0 aliphatic heterocycles. The van der Waals surface area contributed by atoms with Crippen LogP contribution in [0.1, 0.15) is 46.0 Å². The molecular formula is C14H26N2O3. The van der Waals surface area contributed by atoms with E-state index >= 15 is 0 Å². The molecule has 2 atom stereocenters. The fourth-order valence-electron chi connectivity index (χ4n) is 2.37. The Morgan fingerprint density at radius 1 is 1.21 bits per heavy atom. The molecule has 2 amide bonds. The third-order valence-corrected chi connectivity index (χ3v) is 3.59. The van der Waals surface area contributed by atoms with Crippen LogP contribution in [0.3, 0.4) is 0 Å². The molecule has 0 radical (unpaired) electrons. The van der Waals surface area contributed by atoms with Gasteiger partial charge in [0, 0.05) is 25.8 Å². The van der Waals surface area contributed by atoms with E-state index in [1.165, 1.54) is 6.42 Å². The van der Waals surface area contributed by atoms with E-state index in [-0.39, 0.29) is 6.04 Å². The number of rotatable bonds is 6. The molecule has 1 aliphatic carbocycles. The molecule has 0 unspecified atom stereocenters. The number of carbonyl (C=O) groups is 2. The van der Waals surface area contributed by atoms with Crippen molar-refractivity contribution >= 4 is 11.8 Å². The molecule has 19 heavy (non-hydrogen) atoms. The molecule has 0 spiro atoms. The minimum atomic E-state index is -0.533. The average molecular weight is 270 g/mol. The van der Waals surface area contributed by atoms with Crippen LogP contribution < -0.4 is 10.6 Å². The summed E-state index contributed by atoms with van der Waals surface area (Å²) in [4.78, 5) is 23.3. The van der Waals surface area contributed by atoms with E-state index in [2.05, 4.69) is 17.6 Å². The molecule has 0 heterocycles. The highest BCUT2D eigenvalue weighted by Crippen LogP contribution is 2.23. The summed E-state index contributed by atoms with van der Waals surface area (Å²) >= 11 is 0. The normalized spacial score (nSPS) is 22.8. The van der Waals surface area contributed by atoms with E-state index < -0.39 is 11.8 Å². The van der Waals surface area contributed by atoms with Crippen molar-refractivity contribution < 1.29 is 14.3 Å². The number of carbonyl (C=O) groups excluding carboxylic acids is 2. The largest absolute Gasteiger partial charge is 0.382 e. The van der Waals surface area contributed by atoms with Crippen LogP contribution in [0.15, 0.2) is 0 Å². The second kappa shape index (κ2) is 8.91. The fraction of sp³-hybridized carbons (Fsp3) is 0.857. The van der Waals surface area contributed by atoms with Gasteiger partial charge in [-0.1, -0.05) is 19.8 Å². The zero-order chi connectivity index (χ0) is 14.1. The molecule has 5 nitrogen and oxygen atoms in total. The van der Waals surface area contributed by atoms with Crippen molar-refractivity contribution in [1.82, 2.24) is 10.6 Å². The maximum absolute atomic E-state index is 11.7. The molecule has 1 aliphatic rings. The van der Waals surface area contributed by atoms with Crippen molar-refractivity contribution in [2.75, 3.05) is 19.8 Å². The van der Waals surface area contributed by atoms with Crippen LogP contribution in [0.5, 0.6) is 0 Å². The van der Waals surface area contributed by atoms with Gasteiger partial charge in [-0.3, -0.25) is 9.59 Å². The lowest BCUT2D eigenvalue weighted by Crippen LogP contribution is -2.47. The van der Waals surface area contributed by atoms with E-state index in [1.807, 2.05) is 6.92 Å². The lowest BCUT2D eigenvalue weighted by Gasteiger charge is -2.29. The van der Waals surface area contributed by atoms with Gasteiger partial charge in [-0.05, 0) is 32.1 Å². The lowest BCUT2D eigenvalue weighted by atomic mass is 9.86. The summed E-state index contributed by atoms with van der Waals surface area (Å²) in [6.07, 6.45) is 5.18. The molecule has 1 rings (SSSR count). The van der Waals surface area contributed by atoms with Crippen molar-refractivity contribution in [2.45, 2.75) is 52.0 Å². The highest BCUT2D eigenvalue weighted by atomic mass is 16.5. The first kappa shape index (κ1) is 16.0. The Bertz CT molecular complexity index is 294. The lowest BCUT2D eigenvalue weighted by molar-refractivity contribution is -0.140. The van der Waals surface area contributed by atoms with Crippen molar-refractivity contribution in [3.63, 3.8) is 0 Å². The monoisotopic (exact) mass is 270 g/mol. The molecule has 0 bridgehead atoms. The summed E-state index contributed by atoms with van der Waals surface area (Å²) in [5.74, 6) is -0.576. The van der Waals surface area contributed by atoms with Crippen molar-refractivity contribution in [1.29, 1.82) is 0 Å². The van der Waals surface area contributed by atoms with Gasteiger partial charge in [0.2, 0.25) is 0 Å². The van der Waals surface area contributed by atoms with E-state index in [4.69, 9.17) is 4.74 Å². The van der Waals surface area contributed by atoms with Gasteiger partial charge in [-0.2, -0.15) is 0 Å². The van der Waals surface area contributed by atoms with Gasteiger partial charge >= 0.3 is 11.8 Å². The number of amides is 2. The van der Waals surface area contributed by atoms with Crippen LogP contribution in [0.4, 0.5) is 0 Å². The van der Waals surface area contributed by atoms with E-state index in [9.17, 15) is 9.59 Å².